The number of hydrogen-bond donors (Lipinski definition) is 2. The lowest BCUT2D eigenvalue weighted by molar-refractivity contribution is 0.100. The molecule has 4 aromatic rings. The van der Waals surface area contributed by atoms with Gasteiger partial charge in [-0.05, 0) is 48.0 Å². The minimum Gasteiger partial charge on any atom is -0.398 e. The summed E-state index contributed by atoms with van der Waals surface area (Å²) in [5, 5.41) is 0. The van der Waals surface area contributed by atoms with Crippen molar-refractivity contribution >= 4 is 28.7 Å². The quantitative estimate of drug-likeness (QED) is 0.449. The maximum atomic E-state index is 11.8. The van der Waals surface area contributed by atoms with Gasteiger partial charge in [0.15, 0.2) is 0 Å². The average Bonchev–Trinajstić information content (AvgIpc) is 2.76. The van der Waals surface area contributed by atoms with E-state index in [-0.39, 0.29) is 0 Å². The number of amides is 1. The fourth-order valence-electron chi connectivity index (χ4n) is 3.43. The summed E-state index contributed by atoms with van der Waals surface area (Å²) in [7, 11) is 0. The molecule has 0 heterocycles. The lowest BCUT2D eigenvalue weighted by Crippen LogP contribution is -2.14. The monoisotopic (exact) mass is 379 g/mol. The van der Waals surface area contributed by atoms with Crippen LogP contribution in [0, 0.1) is 0 Å². The lowest BCUT2D eigenvalue weighted by Gasteiger charge is -2.27. The Hall–Kier alpha value is -4.05. The van der Waals surface area contributed by atoms with Crippen LogP contribution in [0.4, 0.5) is 22.7 Å². The summed E-state index contributed by atoms with van der Waals surface area (Å²) in [6.45, 7) is 0. The standard InChI is InChI=1S/C25H21N3O/c26-23-16-15-18(17-22(23)25(27)29)21-13-7-8-14-24(21)28(19-9-3-1-4-10-19)20-11-5-2-6-12-20/h1-17H,26H2,(H2,27,29). The first-order valence-corrected chi connectivity index (χ1v) is 9.34. The second-order valence-electron chi connectivity index (χ2n) is 6.69. The van der Waals surface area contributed by atoms with E-state index in [1.54, 1.807) is 12.1 Å². The zero-order chi connectivity index (χ0) is 20.2. The summed E-state index contributed by atoms with van der Waals surface area (Å²) in [6.07, 6.45) is 0. The fraction of sp³-hybridized carbons (Fsp3) is 0. The first-order chi connectivity index (χ1) is 14.1. The smallest absolute Gasteiger partial charge is 0.250 e. The van der Waals surface area contributed by atoms with E-state index in [2.05, 4.69) is 35.2 Å². The summed E-state index contributed by atoms with van der Waals surface area (Å²) in [5.41, 5.74) is 17.1. The molecule has 0 aliphatic rings. The molecule has 4 nitrogen and oxygen atoms in total. The molecule has 4 aromatic carbocycles. The van der Waals surface area contributed by atoms with Gasteiger partial charge in [0, 0.05) is 22.6 Å². The largest absolute Gasteiger partial charge is 0.398 e. The van der Waals surface area contributed by atoms with E-state index >= 15 is 0 Å². The number of rotatable bonds is 5. The van der Waals surface area contributed by atoms with Crippen LogP contribution in [0.2, 0.25) is 0 Å². The number of primary amides is 1. The van der Waals surface area contributed by atoms with E-state index in [1.807, 2.05) is 60.7 Å². The van der Waals surface area contributed by atoms with Crippen molar-refractivity contribution in [3.63, 3.8) is 0 Å². The zero-order valence-electron chi connectivity index (χ0n) is 15.8. The number of carbonyl (C=O) groups excluding carboxylic acids is 1. The van der Waals surface area contributed by atoms with Gasteiger partial charge in [-0.15, -0.1) is 0 Å². The van der Waals surface area contributed by atoms with Crippen LogP contribution >= 0.6 is 0 Å². The third kappa shape index (κ3) is 3.69. The maximum absolute atomic E-state index is 11.8. The summed E-state index contributed by atoms with van der Waals surface area (Å²) in [4.78, 5) is 14.0. The molecule has 0 spiro atoms. The number of hydrogen-bond acceptors (Lipinski definition) is 3. The minimum absolute atomic E-state index is 0.322. The van der Waals surface area contributed by atoms with Gasteiger partial charge in [0.2, 0.25) is 0 Å². The normalized spacial score (nSPS) is 10.5. The van der Waals surface area contributed by atoms with Crippen molar-refractivity contribution < 1.29 is 4.79 Å². The van der Waals surface area contributed by atoms with E-state index < -0.39 is 5.91 Å². The Kier molecular flexibility index (Phi) is 4.99. The molecule has 4 heteroatoms. The molecule has 0 unspecified atom stereocenters. The van der Waals surface area contributed by atoms with Gasteiger partial charge < -0.3 is 16.4 Å². The van der Waals surface area contributed by atoms with Crippen LogP contribution in [-0.2, 0) is 0 Å². The molecular formula is C25H21N3O. The Labute approximate surface area is 170 Å². The van der Waals surface area contributed by atoms with Crippen LogP contribution in [-0.4, -0.2) is 5.91 Å². The Morgan fingerprint density at radius 1 is 0.690 bits per heavy atom. The Morgan fingerprint density at radius 2 is 1.24 bits per heavy atom. The molecule has 29 heavy (non-hydrogen) atoms. The Balaban J connectivity index is 1.93. The molecule has 0 bridgehead atoms. The van der Waals surface area contributed by atoms with Crippen LogP contribution in [0.15, 0.2) is 103 Å². The van der Waals surface area contributed by atoms with Crippen molar-refractivity contribution in [2.24, 2.45) is 5.73 Å². The van der Waals surface area contributed by atoms with Crippen LogP contribution in [0.25, 0.3) is 11.1 Å². The Bertz CT molecular complexity index is 1100. The molecule has 4 N–H and O–H groups in total. The van der Waals surface area contributed by atoms with E-state index in [4.69, 9.17) is 11.5 Å². The van der Waals surface area contributed by atoms with Crippen molar-refractivity contribution in [1.82, 2.24) is 0 Å². The summed E-state index contributed by atoms with van der Waals surface area (Å²) < 4.78 is 0. The molecule has 0 fully saturated rings. The van der Waals surface area contributed by atoms with Crippen molar-refractivity contribution in [3.05, 3.63) is 109 Å². The van der Waals surface area contributed by atoms with Crippen molar-refractivity contribution in [2.45, 2.75) is 0 Å². The molecule has 0 atom stereocenters. The number of anilines is 4. The van der Waals surface area contributed by atoms with Crippen LogP contribution < -0.4 is 16.4 Å². The molecule has 0 aliphatic carbocycles. The summed E-state index contributed by atoms with van der Waals surface area (Å²) >= 11 is 0. The molecule has 4 rings (SSSR count). The van der Waals surface area contributed by atoms with Gasteiger partial charge in [-0.1, -0.05) is 60.7 Å². The van der Waals surface area contributed by atoms with Crippen molar-refractivity contribution in [3.8, 4) is 11.1 Å². The van der Waals surface area contributed by atoms with Crippen LogP contribution in [0.5, 0.6) is 0 Å². The highest BCUT2D eigenvalue weighted by Gasteiger charge is 2.17. The third-order valence-corrected chi connectivity index (χ3v) is 4.80. The molecule has 0 radical (unpaired) electrons. The van der Waals surface area contributed by atoms with E-state index in [0.29, 0.717) is 11.3 Å². The Morgan fingerprint density at radius 3 is 1.83 bits per heavy atom. The van der Waals surface area contributed by atoms with E-state index in [0.717, 1.165) is 28.2 Å². The molecule has 0 saturated carbocycles. The average molecular weight is 379 g/mol. The predicted molar refractivity (Wildman–Crippen MR) is 119 cm³/mol. The number of benzene rings is 4. The second kappa shape index (κ2) is 7.90. The minimum atomic E-state index is -0.537. The van der Waals surface area contributed by atoms with E-state index in [9.17, 15) is 4.79 Å². The number of nitrogens with zero attached hydrogens (tertiary/aromatic N) is 1. The third-order valence-electron chi connectivity index (χ3n) is 4.80. The van der Waals surface area contributed by atoms with Gasteiger partial charge in [-0.2, -0.15) is 0 Å². The number of nitrogen functional groups attached to an aromatic ring is 1. The van der Waals surface area contributed by atoms with Gasteiger partial charge >= 0.3 is 0 Å². The predicted octanol–water partition coefficient (Wildman–Crippen LogP) is 5.50. The number of para-hydroxylation sites is 3. The van der Waals surface area contributed by atoms with Gasteiger partial charge in [-0.3, -0.25) is 4.79 Å². The van der Waals surface area contributed by atoms with Crippen LogP contribution in [0.3, 0.4) is 0 Å². The zero-order valence-corrected chi connectivity index (χ0v) is 15.8. The first-order valence-electron chi connectivity index (χ1n) is 9.34. The topological polar surface area (TPSA) is 72.4 Å². The van der Waals surface area contributed by atoms with Crippen molar-refractivity contribution in [2.75, 3.05) is 10.6 Å². The SMILES string of the molecule is NC(=O)c1cc(-c2ccccc2N(c2ccccc2)c2ccccc2)ccc1N. The highest BCUT2D eigenvalue weighted by molar-refractivity contribution is 6.00. The summed E-state index contributed by atoms with van der Waals surface area (Å²) in [6, 6.07) is 33.8. The molecule has 1 amide bonds. The molecular weight excluding hydrogens is 358 g/mol. The van der Waals surface area contributed by atoms with Crippen molar-refractivity contribution in [1.29, 1.82) is 0 Å². The van der Waals surface area contributed by atoms with Crippen LogP contribution in [0.1, 0.15) is 10.4 Å². The first kappa shape index (κ1) is 18.3. The second-order valence-corrected chi connectivity index (χ2v) is 6.69. The van der Waals surface area contributed by atoms with Gasteiger partial charge in [0.1, 0.15) is 0 Å². The highest BCUT2D eigenvalue weighted by Crippen LogP contribution is 2.40. The fourth-order valence-corrected chi connectivity index (χ4v) is 3.43. The van der Waals surface area contributed by atoms with Gasteiger partial charge in [0.05, 0.1) is 11.3 Å². The van der Waals surface area contributed by atoms with Gasteiger partial charge in [-0.25, -0.2) is 0 Å². The molecule has 0 aliphatic heterocycles. The maximum Gasteiger partial charge on any atom is 0.250 e. The number of nitrogens with two attached hydrogens (primary N) is 2. The van der Waals surface area contributed by atoms with E-state index in [1.165, 1.54) is 0 Å². The number of carbonyl (C=O) groups is 1. The lowest BCUT2D eigenvalue weighted by atomic mass is 9.98. The van der Waals surface area contributed by atoms with Gasteiger partial charge in [0.25, 0.3) is 5.91 Å². The molecule has 0 aromatic heterocycles. The highest BCUT2D eigenvalue weighted by atomic mass is 16.1. The summed E-state index contributed by atoms with van der Waals surface area (Å²) in [5.74, 6) is -0.537. The molecule has 0 saturated heterocycles. The molecule has 142 valence electrons.